The molecule has 114 valence electrons. The molecule has 0 N–H and O–H groups in total. The summed E-state index contributed by atoms with van der Waals surface area (Å²) in [6.07, 6.45) is 0.891. The summed E-state index contributed by atoms with van der Waals surface area (Å²) in [5, 5.41) is 0. The van der Waals surface area contributed by atoms with Crippen LogP contribution >= 0.6 is 31.9 Å². The monoisotopic (exact) mass is 428 g/mol. The van der Waals surface area contributed by atoms with Crippen molar-refractivity contribution in [1.82, 2.24) is 0 Å². The molecule has 1 atom stereocenters. The number of carbonyl (C=O) groups is 1. The fourth-order valence-corrected chi connectivity index (χ4v) is 3.51. The lowest BCUT2D eigenvalue weighted by Gasteiger charge is -2.20. The quantitative estimate of drug-likeness (QED) is 0.356. The zero-order valence-corrected chi connectivity index (χ0v) is 15.4. The molecule has 0 saturated carbocycles. The van der Waals surface area contributed by atoms with Gasteiger partial charge < -0.3 is 0 Å². The van der Waals surface area contributed by atoms with Crippen LogP contribution in [0.4, 0.5) is 0 Å². The Kier molecular flexibility index (Phi) is 5.09. The summed E-state index contributed by atoms with van der Waals surface area (Å²) in [6, 6.07) is 24.3. The first kappa shape index (κ1) is 16.2. The Labute approximate surface area is 152 Å². The summed E-state index contributed by atoms with van der Waals surface area (Å²) in [5.74, 6) is 0.0681. The summed E-state index contributed by atoms with van der Waals surface area (Å²) in [6.45, 7) is 0. The average Bonchev–Trinajstić information content (AvgIpc) is 2.59. The first-order valence-corrected chi connectivity index (χ1v) is 8.82. The Balaban J connectivity index is 2.19. The first-order valence-electron chi connectivity index (χ1n) is 7.24. The standard InChI is InChI=1S/C20H14Br2O/c21-17-10-8-15(9-11-17)20(18-6-1-2-7-19(18)22)16-5-3-4-14(12-16)13-23/h1-13,20H. The normalized spacial score (nSPS) is 11.9. The molecule has 0 amide bonds. The summed E-state index contributed by atoms with van der Waals surface area (Å²) in [7, 11) is 0. The highest BCUT2D eigenvalue weighted by molar-refractivity contribution is 9.10. The van der Waals surface area contributed by atoms with E-state index < -0.39 is 0 Å². The van der Waals surface area contributed by atoms with Crippen molar-refractivity contribution in [3.8, 4) is 0 Å². The second-order valence-corrected chi connectivity index (χ2v) is 7.06. The average molecular weight is 430 g/mol. The van der Waals surface area contributed by atoms with Crippen LogP contribution in [0, 0.1) is 0 Å². The highest BCUT2D eigenvalue weighted by Gasteiger charge is 2.19. The highest BCUT2D eigenvalue weighted by Crippen LogP contribution is 2.36. The molecule has 0 aliphatic heterocycles. The van der Waals surface area contributed by atoms with Crippen molar-refractivity contribution in [2.24, 2.45) is 0 Å². The van der Waals surface area contributed by atoms with Gasteiger partial charge >= 0.3 is 0 Å². The smallest absolute Gasteiger partial charge is 0.150 e. The van der Waals surface area contributed by atoms with Gasteiger partial charge in [-0.2, -0.15) is 0 Å². The maximum atomic E-state index is 11.2. The molecular formula is C20H14Br2O. The molecule has 0 aliphatic carbocycles. The minimum absolute atomic E-state index is 0.0681. The van der Waals surface area contributed by atoms with E-state index in [0.717, 1.165) is 20.8 Å². The predicted molar refractivity (Wildman–Crippen MR) is 101 cm³/mol. The van der Waals surface area contributed by atoms with Gasteiger partial charge in [0.25, 0.3) is 0 Å². The number of hydrogen-bond acceptors (Lipinski definition) is 1. The highest BCUT2D eigenvalue weighted by atomic mass is 79.9. The molecule has 3 rings (SSSR count). The van der Waals surface area contributed by atoms with Crippen LogP contribution in [0.1, 0.15) is 33.0 Å². The second-order valence-electron chi connectivity index (χ2n) is 5.29. The van der Waals surface area contributed by atoms with Crippen molar-refractivity contribution in [2.45, 2.75) is 5.92 Å². The molecule has 0 spiro atoms. The summed E-state index contributed by atoms with van der Waals surface area (Å²) >= 11 is 7.15. The molecule has 3 aromatic rings. The fourth-order valence-electron chi connectivity index (χ4n) is 2.73. The molecule has 1 nitrogen and oxygen atoms in total. The summed E-state index contributed by atoms with van der Waals surface area (Å²) in [4.78, 5) is 11.2. The molecule has 0 saturated heterocycles. The topological polar surface area (TPSA) is 17.1 Å². The first-order chi connectivity index (χ1) is 11.2. The van der Waals surface area contributed by atoms with Crippen LogP contribution in [0.25, 0.3) is 0 Å². The van der Waals surface area contributed by atoms with Crippen LogP contribution in [0.3, 0.4) is 0 Å². The number of aldehydes is 1. The Bertz CT molecular complexity index is 825. The van der Waals surface area contributed by atoms with Crippen molar-refractivity contribution >= 4 is 38.1 Å². The molecule has 0 fully saturated rings. The molecule has 0 heterocycles. The molecule has 3 aromatic carbocycles. The Hall–Kier alpha value is -1.71. The molecule has 23 heavy (non-hydrogen) atoms. The SMILES string of the molecule is O=Cc1cccc(C(c2ccc(Br)cc2)c2ccccc2Br)c1. The van der Waals surface area contributed by atoms with Crippen molar-refractivity contribution < 1.29 is 4.79 Å². The maximum absolute atomic E-state index is 11.2. The van der Waals surface area contributed by atoms with Crippen LogP contribution < -0.4 is 0 Å². The zero-order chi connectivity index (χ0) is 16.2. The van der Waals surface area contributed by atoms with Crippen molar-refractivity contribution in [2.75, 3.05) is 0 Å². The number of benzene rings is 3. The Morgan fingerprint density at radius 3 is 2.22 bits per heavy atom. The van der Waals surface area contributed by atoms with Crippen LogP contribution in [0.5, 0.6) is 0 Å². The van der Waals surface area contributed by atoms with Crippen LogP contribution in [-0.2, 0) is 0 Å². The Morgan fingerprint density at radius 1 is 0.783 bits per heavy atom. The molecule has 1 unspecified atom stereocenters. The van der Waals surface area contributed by atoms with Gasteiger partial charge in [0, 0.05) is 20.4 Å². The van der Waals surface area contributed by atoms with Gasteiger partial charge in [0.1, 0.15) is 6.29 Å². The zero-order valence-electron chi connectivity index (χ0n) is 12.2. The lowest BCUT2D eigenvalue weighted by Crippen LogP contribution is -2.05. The number of rotatable bonds is 4. The maximum Gasteiger partial charge on any atom is 0.150 e. The van der Waals surface area contributed by atoms with Gasteiger partial charge in [0.2, 0.25) is 0 Å². The van der Waals surface area contributed by atoms with Gasteiger partial charge in [-0.3, -0.25) is 4.79 Å². The van der Waals surface area contributed by atoms with E-state index >= 15 is 0 Å². The van der Waals surface area contributed by atoms with E-state index in [1.807, 2.05) is 48.5 Å². The van der Waals surface area contributed by atoms with E-state index in [0.29, 0.717) is 5.56 Å². The van der Waals surface area contributed by atoms with E-state index in [1.54, 1.807) is 0 Å². The van der Waals surface area contributed by atoms with Gasteiger partial charge in [-0.25, -0.2) is 0 Å². The fraction of sp³-hybridized carbons (Fsp3) is 0.0500. The Morgan fingerprint density at radius 2 is 1.52 bits per heavy atom. The summed E-state index contributed by atoms with van der Waals surface area (Å²) < 4.78 is 2.11. The third-order valence-corrected chi connectivity index (χ3v) is 5.05. The van der Waals surface area contributed by atoms with E-state index in [9.17, 15) is 4.79 Å². The van der Waals surface area contributed by atoms with E-state index in [2.05, 4.69) is 56.1 Å². The molecule has 0 aromatic heterocycles. The van der Waals surface area contributed by atoms with Gasteiger partial charge in [-0.1, -0.05) is 80.4 Å². The van der Waals surface area contributed by atoms with Crippen LogP contribution in [-0.4, -0.2) is 6.29 Å². The van der Waals surface area contributed by atoms with E-state index in [1.165, 1.54) is 11.1 Å². The van der Waals surface area contributed by atoms with Crippen molar-refractivity contribution in [3.05, 3.63) is 104 Å². The van der Waals surface area contributed by atoms with Gasteiger partial charge in [-0.05, 0) is 41.0 Å². The second kappa shape index (κ2) is 7.24. The third kappa shape index (κ3) is 3.62. The van der Waals surface area contributed by atoms with Crippen LogP contribution in [0.15, 0.2) is 81.7 Å². The molecule has 0 radical (unpaired) electrons. The van der Waals surface area contributed by atoms with Gasteiger partial charge in [-0.15, -0.1) is 0 Å². The number of hydrogen-bond donors (Lipinski definition) is 0. The van der Waals surface area contributed by atoms with E-state index in [-0.39, 0.29) is 5.92 Å². The van der Waals surface area contributed by atoms with Crippen molar-refractivity contribution in [3.63, 3.8) is 0 Å². The molecule has 0 aliphatic rings. The molecule has 0 bridgehead atoms. The van der Waals surface area contributed by atoms with Crippen LogP contribution in [0.2, 0.25) is 0 Å². The van der Waals surface area contributed by atoms with Gasteiger partial charge in [0.15, 0.2) is 0 Å². The minimum Gasteiger partial charge on any atom is -0.298 e. The van der Waals surface area contributed by atoms with Crippen molar-refractivity contribution in [1.29, 1.82) is 0 Å². The predicted octanol–water partition coefficient (Wildman–Crippen LogP) is 6.20. The minimum atomic E-state index is 0.0681. The molecular weight excluding hydrogens is 416 g/mol. The molecule has 3 heteroatoms. The third-order valence-electron chi connectivity index (χ3n) is 3.80. The largest absolute Gasteiger partial charge is 0.298 e. The van der Waals surface area contributed by atoms with E-state index in [4.69, 9.17) is 0 Å². The summed E-state index contributed by atoms with van der Waals surface area (Å²) in [5.41, 5.74) is 4.15. The van der Waals surface area contributed by atoms with Gasteiger partial charge in [0.05, 0.1) is 0 Å². The lowest BCUT2D eigenvalue weighted by atomic mass is 9.85. The lowest BCUT2D eigenvalue weighted by molar-refractivity contribution is 0.112. The number of halogens is 2. The number of carbonyl (C=O) groups excluding carboxylic acids is 1.